The van der Waals surface area contributed by atoms with Crippen molar-refractivity contribution in [3.05, 3.63) is 119 Å². The normalized spacial score (nSPS) is 18.7. The Morgan fingerprint density at radius 2 is 1.63 bits per heavy atom. The fraction of sp³-hybridized carbons (Fsp3) is 0.133. The minimum Gasteiger partial charge on any atom is -0.464 e. The van der Waals surface area contributed by atoms with Crippen molar-refractivity contribution < 1.29 is 9.26 Å². The third-order valence-corrected chi connectivity index (χ3v) is 6.91. The number of aryl methyl sites for hydroxylation is 1. The van der Waals surface area contributed by atoms with Crippen LogP contribution in [0, 0.1) is 6.92 Å². The first-order valence-corrected chi connectivity index (χ1v) is 11.9. The molecule has 0 amide bonds. The van der Waals surface area contributed by atoms with Crippen LogP contribution in [0.3, 0.4) is 0 Å². The molecule has 5 heteroatoms. The summed E-state index contributed by atoms with van der Waals surface area (Å²) in [4.78, 5) is 0. The van der Waals surface area contributed by atoms with Gasteiger partial charge in [0.15, 0.2) is 5.76 Å². The first-order chi connectivity index (χ1) is 17.2. The molecule has 5 aromatic rings. The van der Waals surface area contributed by atoms with Crippen LogP contribution >= 0.6 is 0 Å². The molecule has 0 saturated carbocycles. The maximum atomic E-state index is 6.57. The van der Waals surface area contributed by atoms with Gasteiger partial charge in [0, 0.05) is 23.1 Å². The van der Waals surface area contributed by atoms with Crippen molar-refractivity contribution in [2.45, 2.75) is 25.6 Å². The van der Waals surface area contributed by atoms with Crippen LogP contribution < -0.4 is 4.74 Å². The van der Waals surface area contributed by atoms with Gasteiger partial charge in [0.2, 0.25) is 6.23 Å². The molecule has 0 fully saturated rings. The molecule has 7 rings (SSSR count). The maximum absolute atomic E-state index is 6.57. The van der Waals surface area contributed by atoms with E-state index in [9.17, 15) is 0 Å². The Hall–Kier alpha value is -4.38. The number of hydrazone groups is 1. The summed E-state index contributed by atoms with van der Waals surface area (Å²) >= 11 is 0. The summed E-state index contributed by atoms with van der Waals surface area (Å²) in [6.07, 6.45) is 0.491. The molecule has 1 aromatic heterocycles. The fourth-order valence-electron chi connectivity index (χ4n) is 5.09. The van der Waals surface area contributed by atoms with Crippen LogP contribution in [0.15, 0.2) is 107 Å². The highest BCUT2D eigenvalue weighted by Gasteiger charge is 2.41. The van der Waals surface area contributed by atoms with Crippen LogP contribution in [0.2, 0.25) is 0 Å². The Kier molecular flexibility index (Phi) is 4.49. The van der Waals surface area contributed by atoms with Gasteiger partial charge in [0.25, 0.3) is 0 Å². The molecule has 0 bridgehead atoms. The van der Waals surface area contributed by atoms with Gasteiger partial charge in [-0.15, -0.1) is 0 Å². The average Bonchev–Trinajstić information content (AvgIpc) is 3.54. The Morgan fingerprint density at radius 3 is 2.49 bits per heavy atom. The monoisotopic (exact) mass is 457 g/mol. The molecule has 2 atom stereocenters. The van der Waals surface area contributed by atoms with Gasteiger partial charge in [0.1, 0.15) is 11.3 Å². The number of rotatable bonds is 3. The second kappa shape index (κ2) is 7.84. The van der Waals surface area contributed by atoms with E-state index in [1.54, 1.807) is 0 Å². The Bertz CT molecular complexity index is 1570. The lowest BCUT2D eigenvalue weighted by Crippen LogP contribution is -2.33. The molecule has 0 spiro atoms. The predicted molar refractivity (Wildman–Crippen MR) is 136 cm³/mol. The Balaban J connectivity index is 1.34. The van der Waals surface area contributed by atoms with Gasteiger partial charge in [0.05, 0.1) is 17.1 Å². The lowest BCUT2D eigenvalue weighted by atomic mass is 9.95. The minimum atomic E-state index is -0.347. The summed E-state index contributed by atoms with van der Waals surface area (Å²) in [5.41, 5.74) is 7.50. The van der Waals surface area contributed by atoms with Gasteiger partial charge in [-0.25, -0.2) is 5.01 Å². The highest BCUT2D eigenvalue weighted by molar-refractivity contribution is 6.02. The molecule has 170 valence electrons. The van der Waals surface area contributed by atoms with E-state index in [1.807, 2.05) is 42.5 Å². The SMILES string of the molecule is Cc1ccc(C2=NN3[C@@H](c4ccc5noc(-c6ccccc6)c5c4)Oc4ccccc4[C@@H]3C2)cc1. The van der Waals surface area contributed by atoms with Crippen molar-refractivity contribution in [2.24, 2.45) is 5.10 Å². The highest BCUT2D eigenvalue weighted by atomic mass is 16.5. The molecule has 2 aliphatic rings. The fourth-order valence-corrected chi connectivity index (χ4v) is 5.09. The summed E-state index contributed by atoms with van der Waals surface area (Å²) in [5, 5.41) is 12.5. The molecule has 3 heterocycles. The standard InChI is InChI=1S/C30H23N3O2/c1-19-11-13-20(14-12-19)26-18-27-23-9-5-6-10-28(23)34-30(33(27)31-26)22-15-16-25-24(17-22)29(35-32-25)21-7-3-2-4-8-21/h2-17,27,30H,18H2,1H3/t27-,30+/m0/s1. The van der Waals surface area contributed by atoms with E-state index in [0.29, 0.717) is 0 Å². The predicted octanol–water partition coefficient (Wildman–Crippen LogP) is 7.05. The van der Waals surface area contributed by atoms with E-state index in [4.69, 9.17) is 14.4 Å². The number of hydrogen-bond acceptors (Lipinski definition) is 5. The first-order valence-electron chi connectivity index (χ1n) is 11.9. The number of benzene rings is 4. The average molecular weight is 458 g/mol. The van der Waals surface area contributed by atoms with Crippen LogP contribution in [0.25, 0.3) is 22.2 Å². The zero-order valence-corrected chi connectivity index (χ0v) is 19.3. The van der Waals surface area contributed by atoms with Crippen LogP contribution in [-0.4, -0.2) is 15.9 Å². The molecule has 2 aliphatic heterocycles. The number of ether oxygens (including phenoxy) is 1. The van der Waals surface area contributed by atoms with Gasteiger partial charge in [-0.1, -0.05) is 89.6 Å². The van der Waals surface area contributed by atoms with Crippen molar-refractivity contribution in [2.75, 3.05) is 0 Å². The summed E-state index contributed by atoms with van der Waals surface area (Å²) in [7, 11) is 0. The van der Waals surface area contributed by atoms with E-state index >= 15 is 0 Å². The third-order valence-electron chi connectivity index (χ3n) is 6.91. The topological polar surface area (TPSA) is 50.9 Å². The highest BCUT2D eigenvalue weighted by Crippen LogP contribution is 2.48. The van der Waals surface area contributed by atoms with Gasteiger partial charge in [-0.05, 0) is 30.7 Å². The number of nitrogens with zero attached hydrogens (tertiary/aromatic N) is 3. The van der Waals surface area contributed by atoms with Gasteiger partial charge >= 0.3 is 0 Å². The van der Waals surface area contributed by atoms with Crippen molar-refractivity contribution in [1.82, 2.24) is 10.2 Å². The van der Waals surface area contributed by atoms with E-state index in [1.165, 1.54) is 11.1 Å². The smallest absolute Gasteiger partial charge is 0.213 e. The summed E-state index contributed by atoms with van der Waals surface area (Å²) in [6, 6.07) is 33.3. The largest absolute Gasteiger partial charge is 0.464 e. The quantitative estimate of drug-likeness (QED) is 0.291. The molecule has 0 aliphatic carbocycles. The van der Waals surface area contributed by atoms with E-state index < -0.39 is 0 Å². The maximum Gasteiger partial charge on any atom is 0.213 e. The Labute approximate surface area is 203 Å². The van der Waals surface area contributed by atoms with Gasteiger partial charge in [-0.2, -0.15) is 5.10 Å². The van der Waals surface area contributed by atoms with E-state index in [2.05, 4.69) is 71.7 Å². The van der Waals surface area contributed by atoms with Crippen LogP contribution in [-0.2, 0) is 0 Å². The second-order valence-electron chi connectivity index (χ2n) is 9.17. The lowest BCUT2D eigenvalue weighted by molar-refractivity contribution is -0.0189. The molecular formula is C30H23N3O2. The molecule has 0 N–H and O–H groups in total. The van der Waals surface area contributed by atoms with Crippen LogP contribution in [0.4, 0.5) is 0 Å². The van der Waals surface area contributed by atoms with Gasteiger partial charge in [-0.3, -0.25) is 0 Å². The molecule has 5 nitrogen and oxygen atoms in total. The van der Waals surface area contributed by atoms with Crippen molar-refractivity contribution >= 4 is 16.6 Å². The number of fused-ring (bicyclic) bond motifs is 4. The molecular weight excluding hydrogens is 434 g/mol. The van der Waals surface area contributed by atoms with Crippen molar-refractivity contribution in [1.29, 1.82) is 0 Å². The van der Waals surface area contributed by atoms with Crippen molar-refractivity contribution in [3.8, 4) is 17.1 Å². The zero-order valence-electron chi connectivity index (χ0n) is 19.3. The number of hydrogen-bond donors (Lipinski definition) is 0. The molecule has 0 radical (unpaired) electrons. The van der Waals surface area contributed by atoms with Gasteiger partial charge < -0.3 is 9.26 Å². The molecule has 0 saturated heterocycles. The second-order valence-corrected chi connectivity index (χ2v) is 9.17. The summed E-state index contributed by atoms with van der Waals surface area (Å²) in [5.74, 6) is 1.67. The van der Waals surface area contributed by atoms with E-state index in [0.717, 1.165) is 51.2 Å². The van der Waals surface area contributed by atoms with Crippen LogP contribution in [0.5, 0.6) is 5.75 Å². The zero-order chi connectivity index (χ0) is 23.4. The molecule has 0 unspecified atom stereocenters. The molecule has 35 heavy (non-hydrogen) atoms. The van der Waals surface area contributed by atoms with Crippen molar-refractivity contribution in [3.63, 3.8) is 0 Å². The van der Waals surface area contributed by atoms with Crippen LogP contribution in [0.1, 0.15) is 40.9 Å². The lowest BCUT2D eigenvalue weighted by Gasteiger charge is -2.38. The Morgan fingerprint density at radius 1 is 0.829 bits per heavy atom. The first kappa shape index (κ1) is 20.0. The summed E-state index contributed by atoms with van der Waals surface area (Å²) < 4.78 is 12.3. The number of aromatic nitrogens is 1. The summed E-state index contributed by atoms with van der Waals surface area (Å²) in [6.45, 7) is 2.11. The number of para-hydroxylation sites is 1. The molecule has 4 aromatic carbocycles. The minimum absolute atomic E-state index is 0.119. The third kappa shape index (κ3) is 3.31. The van der Waals surface area contributed by atoms with E-state index in [-0.39, 0.29) is 12.3 Å².